The number of aryl methyl sites for hydroxylation is 1. The van der Waals surface area contributed by atoms with Gasteiger partial charge < -0.3 is 10.0 Å². The van der Waals surface area contributed by atoms with E-state index in [-0.39, 0.29) is 11.0 Å². The molecule has 0 atom stereocenters. The lowest BCUT2D eigenvalue weighted by Gasteiger charge is -2.20. The Bertz CT molecular complexity index is 1080. The fourth-order valence-electron chi connectivity index (χ4n) is 3.06. The summed E-state index contributed by atoms with van der Waals surface area (Å²) in [7, 11) is 1.94. The van der Waals surface area contributed by atoms with E-state index in [1.165, 1.54) is 4.88 Å². The average Bonchev–Trinajstić information content (AvgIpc) is 2.97. The highest BCUT2D eigenvalue weighted by molar-refractivity contribution is 7.19. The number of rotatable bonds is 3. The van der Waals surface area contributed by atoms with E-state index in [4.69, 9.17) is 11.6 Å². The number of anilines is 2. The van der Waals surface area contributed by atoms with E-state index in [0.717, 1.165) is 32.8 Å². The van der Waals surface area contributed by atoms with E-state index in [9.17, 15) is 5.11 Å². The molecule has 0 aliphatic carbocycles. The van der Waals surface area contributed by atoms with Crippen LogP contribution >= 0.6 is 22.9 Å². The second-order valence-corrected chi connectivity index (χ2v) is 7.51. The van der Waals surface area contributed by atoms with E-state index in [1.807, 2.05) is 42.3 Å². The molecule has 0 spiro atoms. The average molecular weight is 382 g/mol. The smallest absolute Gasteiger partial charge is 0.225 e. The number of halogens is 1. The molecule has 2 aromatic carbocycles. The summed E-state index contributed by atoms with van der Waals surface area (Å²) in [5, 5.41) is 10.8. The van der Waals surface area contributed by atoms with Gasteiger partial charge in [0.25, 0.3) is 0 Å². The monoisotopic (exact) mass is 381 g/mol. The third-order valence-corrected chi connectivity index (χ3v) is 5.47. The van der Waals surface area contributed by atoms with Gasteiger partial charge in [0.1, 0.15) is 16.4 Å². The van der Waals surface area contributed by atoms with Gasteiger partial charge in [-0.25, -0.2) is 4.98 Å². The molecule has 26 heavy (non-hydrogen) atoms. The summed E-state index contributed by atoms with van der Waals surface area (Å²) in [6.07, 6.45) is 0. The van der Waals surface area contributed by atoms with Gasteiger partial charge in [0.05, 0.1) is 5.39 Å². The maximum absolute atomic E-state index is 9.56. The number of phenols is 1. The molecule has 0 saturated carbocycles. The number of aromatic hydroxyl groups is 1. The molecule has 6 heteroatoms. The van der Waals surface area contributed by atoms with Crippen molar-refractivity contribution in [3.05, 3.63) is 64.8 Å². The van der Waals surface area contributed by atoms with Gasteiger partial charge in [0.15, 0.2) is 0 Å². The van der Waals surface area contributed by atoms with Crippen molar-refractivity contribution in [3.8, 4) is 16.9 Å². The van der Waals surface area contributed by atoms with Crippen molar-refractivity contribution in [2.75, 3.05) is 11.9 Å². The Kier molecular flexibility index (Phi) is 4.26. The third kappa shape index (κ3) is 2.89. The number of hydrogen-bond donors (Lipinski definition) is 1. The van der Waals surface area contributed by atoms with Crippen LogP contribution in [-0.2, 0) is 0 Å². The molecule has 0 aliphatic rings. The Morgan fingerprint density at radius 1 is 1.00 bits per heavy atom. The molecule has 0 saturated heterocycles. The quantitative estimate of drug-likeness (QED) is 0.456. The lowest BCUT2D eigenvalue weighted by molar-refractivity contribution is 0.475. The highest BCUT2D eigenvalue weighted by atomic mass is 35.5. The van der Waals surface area contributed by atoms with Crippen LogP contribution in [0.2, 0.25) is 5.28 Å². The maximum Gasteiger partial charge on any atom is 0.225 e. The van der Waals surface area contributed by atoms with Crippen LogP contribution in [0.4, 0.5) is 11.5 Å². The second-order valence-electron chi connectivity index (χ2n) is 5.97. The van der Waals surface area contributed by atoms with E-state index in [1.54, 1.807) is 23.5 Å². The molecule has 0 unspecified atom stereocenters. The molecule has 130 valence electrons. The molecule has 0 fully saturated rings. The normalized spacial score (nSPS) is 11.0. The predicted octanol–water partition coefficient (Wildman–Crippen LogP) is 5.79. The van der Waals surface area contributed by atoms with E-state index in [0.29, 0.717) is 0 Å². The molecule has 4 rings (SSSR count). The SMILES string of the molecule is Cc1sc2nc(Cl)nc(N(C)c3ccc(O)cc3)c2c1-c1ccccc1. The van der Waals surface area contributed by atoms with Crippen LogP contribution in [0.25, 0.3) is 21.3 Å². The van der Waals surface area contributed by atoms with Crippen molar-refractivity contribution in [2.45, 2.75) is 6.92 Å². The molecular weight excluding hydrogens is 366 g/mol. The van der Waals surface area contributed by atoms with E-state index in [2.05, 4.69) is 29.0 Å². The molecule has 0 amide bonds. The van der Waals surface area contributed by atoms with Crippen LogP contribution in [0.5, 0.6) is 5.75 Å². The van der Waals surface area contributed by atoms with Crippen LogP contribution in [0.3, 0.4) is 0 Å². The minimum atomic E-state index is 0.221. The minimum absolute atomic E-state index is 0.221. The first-order valence-corrected chi connectivity index (χ1v) is 9.29. The standard InChI is InChI=1S/C20H16ClN3OS/c1-12-16(13-6-4-3-5-7-13)17-18(22-20(21)23-19(17)26-12)24(2)14-8-10-15(25)11-9-14/h3-11,25H,1-2H3. The summed E-state index contributed by atoms with van der Waals surface area (Å²) < 4.78 is 0. The predicted molar refractivity (Wildman–Crippen MR) is 109 cm³/mol. The summed E-state index contributed by atoms with van der Waals surface area (Å²) >= 11 is 7.82. The fraction of sp³-hybridized carbons (Fsp3) is 0.100. The maximum atomic E-state index is 9.56. The van der Waals surface area contributed by atoms with Gasteiger partial charge in [-0.05, 0) is 48.4 Å². The highest BCUT2D eigenvalue weighted by Gasteiger charge is 2.21. The van der Waals surface area contributed by atoms with Crippen molar-refractivity contribution in [2.24, 2.45) is 0 Å². The highest BCUT2D eigenvalue weighted by Crippen LogP contribution is 2.43. The number of fused-ring (bicyclic) bond motifs is 1. The van der Waals surface area contributed by atoms with Crippen LogP contribution < -0.4 is 4.90 Å². The Morgan fingerprint density at radius 2 is 1.69 bits per heavy atom. The van der Waals surface area contributed by atoms with Gasteiger partial charge in [-0.2, -0.15) is 4.98 Å². The third-order valence-electron chi connectivity index (χ3n) is 4.30. The number of aromatic nitrogens is 2. The number of nitrogens with zero attached hydrogens (tertiary/aromatic N) is 3. The zero-order valence-electron chi connectivity index (χ0n) is 14.3. The molecule has 0 radical (unpaired) electrons. The molecule has 2 aromatic heterocycles. The van der Waals surface area contributed by atoms with Crippen molar-refractivity contribution in [1.29, 1.82) is 0 Å². The topological polar surface area (TPSA) is 49.2 Å². The molecule has 4 aromatic rings. The number of hydrogen-bond acceptors (Lipinski definition) is 5. The fourth-order valence-corrected chi connectivity index (χ4v) is 4.32. The Balaban J connectivity index is 1.98. The van der Waals surface area contributed by atoms with Gasteiger partial charge in [-0.3, -0.25) is 0 Å². The summed E-state index contributed by atoms with van der Waals surface area (Å²) in [4.78, 5) is 13.0. The molecular formula is C20H16ClN3OS. The largest absolute Gasteiger partial charge is 0.508 e. The van der Waals surface area contributed by atoms with Gasteiger partial charge in [0.2, 0.25) is 5.28 Å². The summed E-state index contributed by atoms with van der Waals surface area (Å²) in [5.41, 5.74) is 3.16. The zero-order chi connectivity index (χ0) is 18.3. The van der Waals surface area contributed by atoms with Gasteiger partial charge in [-0.15, -0.1) is 11.3 Å². The summed E-state index contributed by atoms with van der Waals surface area (Å²) in [5.74, 6) is 0.971. The van der Waals surface area contributed by atoms with Gasteiger partial charge in [-0.1, -0.05) is 30.3 Å². The lowest BCUT2D eigenvalue weighted by Crippen LogP contribution is -2.12. The van der Waals surface area contributed by atoms with E-state index < -0.39 is 0 Å². The number of phenolic OH excluding ortho intramolecular Hbond substituents is 1. The van der Waals surface area contributed by atoms with Crippen molar-refractivity contribution in [1.82, 2.24) is 9.97 Å². The van der Waals surface area contributed by atoms with Crippen LogP contribution in [0.15, 0.2) is 54.6 Å². The molecule has 0 aliphatic heterocycles. The van der Waals surface area contributed by atoms with Crippen molar-refractivity contribution >= 4 is 44.7 Å². The first-order chi connectivity index (χ1) is 12.5. The van der Waals surface area contributed by atoms with Gasteiger partial charge >= 0.3 is 0 Å². The van der Waals surface area contributed by atoms with Crippen molar-refractivity contribution < 1.29 is 5.11 Å². The molecule has 1 N–H and O–H groups in total. The summed E-state index contributed by atoms with van der Waals surface area (Å²) in [6.45, 7) is 2.09. The molecule has 0 bridgehead atoms. The Labute approximate surface area is 160 Å². The van der Waals surface area contributed by atoms with E-state index >= 15 is 0 Å². The molecule has 2 heterocycles. The van der Waals surface area contributed by atoms with Crippen molar-refractivity contribution in [3.63, 3.8) is 0 Å². The minimum Gasteiger partial charge on any atom is -0.508 e. The van der Waals surface area contributed by atoms with Crippen LogP contribution in [-0.4, -0.2) is 22.1 Å². The Hall–Kier alpha value is -2.63. The second kappa shape index (κ2) is 6.59. The first-order valence-electron chi connectivity index (χ1n) is 8.09. The lowest BCUT2D eigenvalue weighted by atomic mass is 10.0. The number of benzene rings is 2. The van der Waals surface area contributed by atoms with Crippen LogP contribution in [0, 0.1) is 6.92 Å². The first kappa shape index (κ1) is 16.8. The molecule has 4 nitrogen and oxygen atoms in total. The van der Waals surface area contributed by atoms with Gasteiger partial charge in [0, 0.05) is 23.2 Å². The van der Waals surface area contributed by atoms with Crippen LogP contribution in [0.1, 0.15) is 4.88 Å². The number of thiophene rings is 1. The zero-order valence-corrected chi connectivity index (χ0v) is 15.8. The Morgan fingerprint density at radius 3 is 2.38 bits per heavy atom. The summed E-state index contributed by atoms with van der Waals surface area (Å²) in [6, 6.07) is 17.2.